The zero-order valence-corrected chi connectivity index (χ0v) is 8.11. The van der Waals surface area contributed by atoms with E-state index in [2.05, 4.69) is 6.42 Å². The number of terminal acetylenes is 1. The van der Waals surface area contributed by atoms with E-state index in [4.69, 9.17) is 9.66 Å². The van der Waals surface area contributed by atoms with Crippen LogP contribution in [0.15, 0.2) is 35.2 Å². The van der Waals surface area contributed by atoms with Crippen LogP contribution in [-0.4, -0.2) is 24.7 Å². The van der Waals surface area contributed by atoms with E-state index in [9.17, 15) is 8.42 Å². The Morgan fingerprint density at radius 3 is 1.93 bits per heavy atom. The van der Waals surface area contributed by atoms with Crippen LogP contribution in [0.3, 0.4) is 0 Å². The van der Waals surface area contributed by atoms with Gasteiger partial charge in [0.05, 0.1) is 4.90 Å². The normalized spacial score (nSPS) is 9.50. The van der Waals surface area contributed by atoms with Crippen LogP contribution in [-0.2, 0) is 10.1 Å². The van der Waals surface area contributed by atoms with Gasteiger partial charge in [0.2, 0.25) is 0 Å². The number of rotatable bonds is 1. The molecule has 0 spiro atoms. The summed E-state index contributed by atoms with van der Waals surface area (Å²) in [6, 6.07) is 7.42. The fourth-order valence-corrected chi connectivity index (χ4v) is 1.09. The van der Waals surface area contributed by atoms with E-state index in [1.54, 1.807) is 18.2 Å². The van der Waals surface area contributed by atoms with Crippen molar-refractivity contribution >= 4 is 10.1 Å². The highest BCUT2D eigenvalue weighted by atomic mass is 32.2. The number of aliphatic hydroxyl groups excluding tert-OH is 1. The van der Waals surface area contributed by atoms with Crippen LogP contribution >= 0.6 is 0 Å². The molecule has 14 heavy (non-hydrogen) atoms. The van der Waals surface area contributed by atoms with E-state index in [0.29, 0.717) is 0 Å². The SMILES string of the molecule is C#CCO.O=S(=O)(O)c1ccccc1. The van der Waals surface area contributed by atoms with E-state index in [1.807, 2.05) is 5.92 Å². The van der Waals surface area contributed by atoms with E-state index in [1.165, 1.54) is 12.1 Å². The summed E-state index contributed by atoms with van der Waals surface area (Å²) in [6.07, 6.45) is 4.53. The van der Waals surface area contributed by atoms with Crippen molar-refractivity contribution in [1.82, 2.24) is 0 Å². The molecule has 0 aliphatic rings. The smallest absolute Gasteiger partial charge is 0.294 e. The van der Waals surface area contributed by atoms with E-state index in [0.717, 1.165) is 0 Å². The molecule has 0 amide bonds. The Bertz CT molecular complexity index is 389. The van der Waals surface area contributed by atoms with Gasteiger partial charge in [-0.25, -0.2) is 0 Å². The van der Waals surface area contributed by atoms with Gasteiger partial charge >= 0.3 is 0 Å². The number of hydrogen-bond donors (Lipinski definition) is 2. The highest BCUT2D eigenvalue weighted by molar-refractivity contribution is 7.85. The highest BCUT2D eigenvalue weighted by Crippen LogP contribution is 2.05. The summed E-state index contributed by atoms with van der Waals surface area (Å²) >= 11 is 0. The molecule has 4 nitrogen and oxygen atoms in total. The van der Waals surface area contributed by atoms with Gasteiger partial charge in [0.15, 0.2) is 0 Å². The molecular weight excluding hydrogens is 204 g/mol. The van der Waals surface area contributed by atoms with Crippen LogP contribution in [0.5, 0.6) is 0 Å². The molecule has 5 heteroatoms. The van der Waals surface area contributed by atoms with Gasteiger partial charge in [-0.15, -0.1) is 6.42 Å². The molecule has 1 rings (SSSR count). The van der Waals surface area contributed by atoms with Gasteiger partial charge in [-0.3, -0.25) is 4.55 Å². The molecule has 0 radical (unpaired) electrons. The van der Waals surface area contributed by atoms with E-state index in [-0.39, 0.29) is 11.5 Å². The second kappa shape index (κ2) is 6.16. The first-order valence-electron chi connectivity index (χ1n) is 3.59. The molecule has 0 unspecified atom stereocenters. The average Bonchev–Trinajstić information content (AvgIpc) is 2.18. The van der Waals surface area contributed by atoms with Crippen molar-refractivity contribution in [2.45, 2.75) is 4.90 Å². The second-order valence-corrected chi connectivity index (χ2v) is 3.57. The summed E-state index contributed by atoms with van der Waals surface area (Å²) in [5, 5.41) is 7.64. The highest BCUT2D eigenvalue weighted by Gasteiger charge is 2.05. The minimum Gasteiger partial charge on any atom is -0.384 e. The molecule has 0 saturated heterocycles. The maximum absolute atomic E-state index is 10.4. The fraction of sp³-hybridized carbons (Fsp3) is 0.111. The molecule has 0 bridgehead atoms. The summed E-state index contributed by atoms with van der Waals surface area (Å²) in [6.45, 7) is -0.153. The third-order valence-corrected chi connectivity index (χ3v) is 2.00. The Morgan fingerprint density at radius 1 is 1.29 bits per heavy atom. The van der Waals surface area contributed by atoms with Gasteiger partial charge in [0.1, 0.15) is 6.61 Å². The number of aliphatic hydroxyl groups is 1. The fourth-order valence-electron chi connectivity index (χ4n) is 0.592. The van der Waals surface area contributed by atoms with E-state index < -0.39 is 10.1 Å². The van der Waals surface area contributed by atoms with Crippen molar-refractivity contribution in [2.75, 3.05) is 6.61 Å². The molecule has 0 saturated carbocycles. The maximum atomic E-state index is 10.4. The van der Waals surface area contributed by atoms with Crippen LogP contribution in [0.25, 0.3) is 0 Å². The van der Waals surface area contributed by atoms with Crippen LogP contribution < -0.4 is 0 Å². The molecule has 0 heterocycles. The van der Waals surface area contributed by atoms with Crippen LogP contribution in [0.2, 0.25) is 0 Å². The molecule has 0 atom stereocenters. The average molecular weight is 214 g/mol. The zero-order chi connectivity index (χ0) is 11.0. The number of benzene rings is 1. The van der Waals surface area contributed by atoms with Gasteiger partial charge in [-0.05, 0) is 12.1 Å². The van der Waals surface area contributed by atoms with Crippen molar-refractivity contribution < 1.29 is 18.1 Å². The monoisotopic (exact) mass is 214 g/mol. The Morgan fingerprint density at radius 2 is 1.71 bits per heavy atom. The Kier molecular flexibility index (Phi) is 5.56. The Hall–Kier alpha value is -1.35. The van der Waals surface area contributed by atoms with Gasteiger partial charge < -0.3 is 5.11 Å². The lowest BCUT2D eigenvalue weighted by Crippen LogP contribution is -1.96. The van der Waals surface area contributed by atoms with Crippen molar-refractivity contribution in [3.8, 4) is 12.3 Å². The van der Waals surface area contributed by atoms with Crippen molar-refractivity contribution in [3.63, 3.8) is 0 Å². The quantitative estimate of drug-likeness (QED) is 0.528. The zero-order valence-electron chi connectivity index (χ0n) is 7.29. The predicted octanol–water partition coefficient (Wildman–Crippen LogP) is 0.545. The summed E-state index contributed by atoms with van der Waals surface area (Å²) < 4.78 is 29.2. The van der Waals surface area contributed by atoms with Gasteiger partial charge in [-0.1, -0.05) is 24.1 Å². The first kappa shape index (κ1) is 12.7. The van der Waals surface area contributed by atoms with Gasteiger partial charge in [-0.2, -0.15) is 8.42 Å². The third-order valence-electron chi connectivity index (χ3n) is 1.13. The number of hydrogen-bond acceptors (Lipinski definition) is 3. The van der Waals surface area contributed by atoms with Crippen molar-refractivity contribution in [2.24, 2.45) is 0 Å². The van der Waals surface area contributed by atoms with Crippen LogP contribution in [0, 0.1) is 12.3 Å². The van der Waals surface area contributed by atoms with Crippen molar-refractivity contribution in [1.29, 1.82) is 0 Å². The van der Waals surface area contributed by atoms with E-state index >= 15 is 0 Å². The first-order valence-corrected chi connectivity index (χ1v) is 5.03. The minimum atomic E-state index is -4.00. The largest absolute Gasteiger partial charge is 0.384 e. The summed E-state index contributed by atoms with van der Waals surface area (Å²) in [5.41, 5.74) is 0. The van der Waals surface area contributed by atoms with Crippen LogP contribution in [0.4, 0.5) is 0 Å². The summed E-state index contributed by atoms with van der Waals surface area (Å²) in [4.78, 5) is -0.0741. The molecule has 0 aromatic heterocycles. The molecule has 2 N–H and O–H groups in total. The Balaban J connectivity index is 0.000000364. The lowest BCUT2D eigenvalue weighted by atomic mass is 10.4. The lowest BCUT2D eigenvalue weighted by molar-refractivity contribution is 0.351. The predicted molar refractivity (Wildman–Crippen MR) is 52.2 cm³/mol. The molecule has 76 valence electrons. The maximum Gasteiger partial charge on any atom is 0.294 e. The third kappa shape index (κ3) is 5.32. The second-order valence-electron chi connectivity index (χ2n) is 2.15. The standard InChI is InChI=1S/C6H6O3S.C3H4O/c7-10(8,9)6-4-2-1-3-5-6;1-2-3-4/h1-5H,(H,7,8,9);1,4H,3H2. The molecule has 0 aliphatic heterocycles. The Labute approximate surface area is 83.0 Å². The molecule has 0 fully saturated rings. The van der Waals surface area contributed by atoms with Gasteiger partial charge in [0, 0.05) is 0 Å². The molecule has 0 aliphatic carbocycles. The van der Waals surface area contributed by atoms with Crippen LogP contribution in [0.1, 0.15) is 0 Å². The topological polar surface area (TPSA) is 74.6 Å². The lowest BCUT2D eigenvalue weighted by Gasteiger charge is -1.92. The van der Waals surface area contributed by atoms with Gasteiger partial charge in [0.25, 0.3) is 10.1 Å². The molecule has 1 aromatic carbocycles. The molecule has 1 aromatic rings. The summed E-state index contributed by atoms with van der Waals surface area (Å²) in [7, 11) is -4.00. The minimum absolute atomic E-state index is 0.0741. The molecular formula is C9H10O4S. The van der Waals surface area contributed by atoms with Crippen molar-refractivity contribution in [3.05, 3.63) is 30.3 Å². The summed E-state index contributed by atoms with van der Waals surface area (Å²) in [5.74, 6) is 1.99. The first-order chi connectivity index (χ1) is 6.52.